The minimum absolute atomic E-state index is 0.101. The van der Waals surface area contributed by atoms with E-state index in [9.17, 15) is 0 Å². The lowest BCUT2D eigenvalue weighted by molar-refractivity contribution is 0.282. The van der Waals surface area contributed by atoms with E-state index in [-0.39, 0.29) is 6.61 Å². The molecule has 1 rings (SSSR count). The van der Waals surface area contributed by atoms with Crippen molar-refractivity contribution >= 4 is 17.3 Å². The summed E-state index contributed by atoms with van der Waals surface area (Å²) < 4.78 is 0. The molecular weight excluding hydrogens is 176 g/mol. The molecule has 0 unspecified atom stereocenters. The van der Waals surface area contributed by atoms with Crippen LogP contribution in [0.4, 0.5) is 5.69 Å². The molecule has 0 atom stereocenters. The standard InChI is InChI=1S/C8H11ClN2O/c1-11(10)8-4-2-3-7(9)6(8)5-12/h2-4,12H,5,10H2,1H3. The molecule has 0 spiro atoms. The van der Waals surface area contributed by atoms with E-state index in [4.69, 9.17) is 22.6 Å². The Balaban J connectivity index is 3.18. The number of anilines is 1. The SMILES string of the molecule is CN(N)c1cccc(Cl)c1CO. The van der Waals surface area contributed by atoms with E-state index < -0.39 is 0 Å². The summed E-state index contributed by atoms with van der Waals surface area (Å²) in [4.78, 5) is 0. The van der Waals surface area contributed by atoms with Crippen LogP contribution in [0.15, 0.2) is 18.2 Å². The summed E-state index contributed by atoms with van der Waals surface area (Å²) in [5, 5.41) is 10.9. The molecule has 0 aliphatic rings. The van der Waals surface area contributed by atoms with Gasteiger partial charge >= 0.3 is 0 Å². The summed E-state index contributed by atoms with van der Waals surface area (Å²) in [7, 11) is 1.70. The molecule has 0 saturated heterocycles. The van der Waals surface area contributed by atoms with E-state index in [0.29, 0.717) is 10.6 Å². The van der Waals surface area contributed by atoms with Gasteiger partial charge < -0.3 is 10.1 Å². The number of rotatable bonds is 2. The van der Waals surface area contributed by atoms with Gasteiger partial charge in [-0.2, -0.15) is 0 Å². The molecule has 12 heavy (non-hydrogen) atoms. The quantitative estimate of drug-likeness (QED) is 0.538. The number of nitrogens with two attached hydrogens (primary N) is 1. The lowest BCUT2D eigenvalue weighted by Crippen LogP contribution is -2.26. The fourth-order valence-electron chi connectivity index (χ4n) is 1.03. The Morgan fingerprint density at radius 3 is 2.67 bits per heavy atom. The summed E-state index contributed by atoms with van der Waals surface area (Å²) in [6, 6.07) is 5.32. The number of hydrazine groups is 1. The third kappa shape index (κ3) is 1.69. The zero-order chi connectivity index (χ0) is 9.14. The van der Waals surface area contributed by atoms with Gasteiger partial charge in [-0.3, -0.25) is 0 Å². The van der Waals surface area contributed by atoms with E-state index in [1.807, 2.05) is 0 Å². The van der Waals surface area contributed by atoms with Gasteiger partial charge in [0.2, 0.25) is 0 Å². The van der Waals surface area contributed by atoms with Crippen molar-refractivity contribution in [1.82, 2.24) is 0 Å². The number of hydrogen-bond acceptors (Lipinski definition) is 3. The Labute approximate surface area is 76.3 Å². The summed E-state index contributed by atoms with van der Waals surface area (Å²) in [6.07, 6.45) is 0. The number of hydrogen-bond donors (Lipinski definition) is 2. The van der Waals surface area contributed by atoms with Crippen molar-refractivity contribution in [2.45, 2.75) is 6.61 Å². The lowest BCUT2D eigenvalue weighted by atomic mass is 10.2. The zero-order valence-corrected chi connectivity index (χ0v) is 7.54. The maximum atomic E-state index is 8.98. The molecule has 0 amide bonds. The van der Waals surface area contributed by atoms with Crippen LogP contribution in [0.2, 0.25) is 5.02 Å². The summed E-state index contributed by atoms with van der Waals surface area (Å²) in [5.74, 6) is 5.52. The van der Waals surface area contributed by atoms with Crippen LogP contribution in [-0.2, 0) is 6.61 Å². The van der Waals surface area contributed by atoms with Gasteiger partial charge in [-0.15, -0.1) is 0 Å². The average molecular weight is 187 g/mol. The molecule has 1 aromatic rings. The van der Waals surface area contributed by atoms with Crippen molar-refractivity contribution in [3.05, 3.63) is 28.8 Å². The molecule has 0 radical (unpaired) electrons. The lowest BCUT2D eigenvalue weighted by Gasteiger charge is -2.16. The monoisotopic (exact) mass is 186 g/mol. The molecular formula is C8H11ClN2O. The third-order valence-electron chi connectivity index (χ3n) is 1.63. The Morgan fingerprint density at radius 2 is 2.25 bits per heavy atom. The molecule has 4 heteroatoms. The van der Waals surface area contributed by atoms with Gasteiger partial charge in [0.1, 0.15) is 0 Å². The van der Waals surface area contributed by atoms with Gasteiger partial charge in [0.05, 0.1) is 12.3 Å². The van der Waals surface area contributed by atoms with Gasteiger partial charge in [-0.25, -0.2) is 5.84 Å². The first kappa shape index (κ1) is 9.32. The first-order chi connectivity index (χ1) is 5.66. The van der Waals surface area contributed by atoms with Gasteiger partial charge in [-0.05, 0) is 12.1 Å². The van der Waals surface area contributed by atoms with Crippen LogP contribution in [0.3, 0.4) is 0 Å². The summed E-state index contributed by atoms with van der Waals surface area (Å²) >= 11 is 5.83. The third-order valence-corrected chi connectivity index (χ3v) is 1.99. The normalized spacial score (nSPS) is 10.0. The predicted octanol–water partition coefficient (Wildman–Crippen LogP) is 1.14. The molecule has 0 aliphatic carbocycles. The maximum Gasteiger partial charge on any atom is 0.0717 e. The van der Waals surface area contributed by atoms with Crippen molar-refractivity contribution in [2.24, 2.45) is 5.84 Å². The first-order valence-corrected chi connectivity index (χ1v) is 3.91. The van der Waals surface area contributed by atoms with Crippen LogP contribution >= 0.6 is 11.6 Å². The predicted molar refractivity (Wildman–Crippen MR) is 50.0 cm³/mol. The number of benzene rings is 1. The molecule has 0 heterocycles. The number of aliphatic hydroxyl groups excluding tert-OH is 1. The molecule has 3 N–H and O–H groups in total. The van der Waals surface area contributed by atoms with E-state index >= 15 is 0 Å². The zero-order valence-electron chi connectivity index (χ0n) is 6.79. The van der Waals surface area contributed by atoms with Crippen molar-refractivity contribution < 1.29 is 5.11 Å². The van der Waals surface area contributed by atoms with Crippen molar-refractivity contribution in [3.8, 4) is 0 Å². The number of halogens is 1. The van der Waals surface area contributed by atoms with Crippen molar-refractivity contribution in [2.75, 3.05) is 12.1 Å². The summed E-state index contributed by atoms with van der Waals surface area (Å²) in [5.41, 5.74) is 1.40. The second-order valence-electron chi connectivity index (χ2n) is 2.51. The molecule has 66 valence electrons. The Morgan fingerprint density at radius 1 is 1.58 bits per heavy atom. The van der Waals surface area contributed by atoms with E-state index in [1.54, 1.807) is 25.2 Å². The van der Waals surface area contributed by atoms with Crippen LogP contribution in [-0.4, -0.2) is 12.2 Å². The van der Waals surface area contributed by atoms with Gasteiger partial charge in [0.25, 0.3) is 0 Å². The highest BCUT2D eigenvalue weighted by Crippen LogP contribution is 2.25. The fourth-order valence-corrected chi connectivity index (χ4v) is 1.26. The Bertz CT molecular complexity index is 276. The molecule has 0 saturated carbocycles. The Kier molecular flexibility index (Phi) is 2.92. The highest BCUT2D eigenvalue weighted by Gasteiger charge is 2.06. The number of aliphatic hydroxyl groups is 1. The highest BCUT2D eigenvalue weighted by atomic mass is 35.5. The van der Waals surface area contributed by atoms with Gasteiger partial charge in [0, 0.05) is 17.6 Å². The summed E-state index contributed by atoms with van der Waals surface area (Å²) in [6.45, 7) is -0.101. The van der Waals surface area contributed by atoms with Crippen molar-refractivity contribution in [1.29, 1.82) is 0 Å². The fraction of sp³-hybridized carbons (Fsp3) is 0.250. The average Bonchev–Trinajstić information content (AvgIpc) is 2.03. The molecule has 3 nitrogen and oxygen atoms in total. The minimum atomic E-state index is -0.101. The van der Waals surface area contributed by atoms with Gasteiger partial charge in [0.15, 0.2) is 0 Å². The topological polar surface area (TPSA) is 49.5 Å². The molecule has 0 bridgehead atoms. The van der Waals surface area contributed by atoms with Crippen LogP contribution in [0.25, 0.3) is 0 Å². The van der Waals surface area contributed by atoms with Crippen LogP contribution in [0.1, 0.15) is 5.56 Å². The van der Waals surface area contributed by atoms with Crippen LogP contribution < -0.4 is 10.9 Å². The molecule has 1 aromatic carbocycles. The van der Waals surface area contributed by atoms with E-state index in [1.165, 1.54) is 5.01 Å². The number of nitrogens with zero attached hydrogens (tertiary/aromatic N) is 1. The van der Waals surface area contributed by atoms with E-state index in [2.05, 4.69) is 0 Å². The Hall–Kier alpha value is -0.770. The molecule has 0 aliphatic heterocycles. The minimum Gasteiger partial charge on any atom is -0.392 e. The second kappa shape index (κ2) is 3.76. The van der Waals surface area contributed by atoms with Gasteiger partial charge in [-0.1, -0.05) is 17.7 Å². The van der Waals surface area contributed by atoms with Crippen LogP contribution in [0, 0.1) is 0 Å². The molecule has 0 aromatic heterocycles. The van der Waals surface area contributed by atoms with Crippen LogP contribution in [0.5, 0.6) is 0 Å². The van der Waals surface area contributed by atoms with Crippen molar-refractivity contribution in [3.63, 3.8) is 0 Å². The van der Waals surface area contributed by atoms with E-state index in [0.717, 1.165) is 5.69 Å². The second-order valence-corrected chi connectivity index (χ2v) is 2.91. The maximum absolute atomic E-state index is 8.98. The largest absolute Gasteiger partial charge is 0.392 e. The first-order valence-electron chi connectivity index (χ1n) is 3.53. The highest BCUT2D eigenvalue weighted by molar-refractivity contribution is 6.31. The molecule has 0 fully saturated rings. The smallest absolute Gasteiger partial charge is 0.0717 e.